The molecule has 7 heteroatoms. The third-order valence-corrected chi connectivity index (χ3v) is 7.36. The van der Waals surface area contributed by atoms with Crippen LogP contribution in [0.4, 0.5) is 4.39 Å². The minimum absolute atomic E-state index is 0.355. The van der Waals surface area contributed by atoms with Crippen LogP contribution in [0.1, 0.15) is 58.2 Å². The summed E-state index contributed by atoms with van der Waals surface area (Å²) >= 11 is 1.58. The molecule has 2 aliphatic rings. The number of aromatic nitrogens is 2. The Labute approximate surface area is 207 Å². The second-order valence-electron chi connectivity index (χ2n) is 10.3. The van der Waals surface area contributed by atoms with Crippen LogP contribution in [0.5, 0.6) is 5.19 Å². The minimum atomic E-state index is -1.14. The van der Waals surface area contributed by atoms with Gasteiger partial charge in [-0.15, -0.1) is 0 Å². The molecule has 1 aromatic carbocycles. The van der Waals surface area contributed by atoms with Crippen molar-refractivity contribution in [2.75, 3.05) is 26.2 Å². The number of halogens is 1. The Morgan fingerprint density at radius 2 is 2.12 bits per heavy atom. The van der Waals surface area contributed by atoms with Crippen molar-refractivity contribution in [1.82, 2.24) is 19.8 Å². The Kier molecular flexibility index (Phi) is 8.27. The lowest BCUT2D eigenvalue weighted by Gasteiger charge is -2.36. The van der Waals surface area contributed by atoms with Gasteiger partial charge in [-0.25, -0.2) is 9.37 Å². The zero-order valence-electron chi connectivity index (χ0n) is 21.0. The van der Waals surface area contributed by atoms with Crippen molar-refractivity contribution >= 4 is 22.2 Å². The van der Waals surface area contributed by atoms with Gasteiger partial charge in [-0.3, -0.25) is 9.80 Å². The SMILES string of the molecule is CC1Cc2c([nH]c3ccccc23)CN1CC(C)(C)F.CCCCN1CCC(Oc2nccs2)C1. The number of hydrogen-bond acceptors (Lipinski definition) is 5. The van der Waals surface area contributed by atoms with E-state index in [1.807, 2.05) is 5.38 Å². The lowest BCUT2D eigenvalue weighted by atomic mass is 9.96. The summed E-state index contributed by atoms with van der Waals surface area (Å²) in [4.78, 5) is 12.4. The number of nitrogens with one attached hydrogen (secondary N) is 1. The highest BCUT2D eigenvalue weighted by atomic mass is 32.1. The molecule has 0 bridgehead atoms. The second-order valence-corrected chi connectivity index (χ2v) is 11.1. The van der Waals surface area contributed by atoms with E-state index in [1.165, 1.54) is 48.1 Å². The van der Waals surface area contributed by atoms with Gasteiger partial charge in [0.1, 0.15) is 11.8 Å². The van der Waals surface area contributed by atoms with Crippen LogP contribution in [-0.2, 0) is 13.0 Å². The molecule has 2 aromatic heterocycles. The van der Waals surface area contributed by atoms with Crippen molar-refractivity contribution in [3.05, 3.63) is 47.1 Å². The lowest BCUT2D eigenvalue weighted by Crippen LogP contribution is -2.44. The molecular formula is C27H39FN4OS. The van der Waals surface area contributed by atoms with Gasteiger partial charge in [0.25, 0.3) is 5.19 Å². The Balaban J connectivity index is 0.000000166. The Hall–Kier alpha value is -1.96. The fourth-order valence-corrected chi connectivity index (χ4v) is 5.54. The fourth-order valence-electron chi connectivity index (χ4n) is 4.99. The van der Waals surface area contributed by atoms with Gasteiger partial charge in [0.05, 0.1) is 0 Å². The van der Waals surface area contributed by atoms with Gasteiger partial charge >= 0.3 is 0 Å². The standard InChI is InChI=1S/C16H21FN2.C11H18N2OS/c1-11-8-13-12-6-4-5-7-14(12)18-15(13)9-19(11)10-16(2,3)17;1-2-3-6-13-7-4-10(9-13)14-11-12-5-8-15-11/h4-7,11,18H,8-10H2,1-3H3;5,8,10H,2-4,6-7,9H2,1H3. The molecule has 5 rings (SSSR count). The normalized spacial score (nSPS) is 21.3. The summed E-state index contributed by atoms with van der Waals surface area (Å²) in [5.41, 5.74) is 2.72. The number of ether oxygens (including phenoxy) is 1. The number of aromatic amines is 1. The van der Waals surface area contributed by atoms with E-state index in [9.17, 15) is 4.39 Å². The van der Waals surface area contributed by atoms with Crippen molar-refractivity contribution in [2.45, 2.75) is 77.7 Å². The first-order valence-electron chi connectivity index (χ1n) is 12.6. The van der Waals surface area contributed by atoms with E-state index in [-0.39, 0.29) is 0 Å². The number of thiazole rings is 1. The summed E-state index contributed by atoms with van der Waals surface area (Å²) in [5.74, 6) is 0. The molecule has 4 heterocycles. The number of para-hydroxylation sites is 1. The van der Waals surface area contributed by atoms with E-state index < -0.39 is 5.67 Å². The van der Waals surface area contributed by atoms with E-state index in [1.54, 1.807) is 31.4 Å². The number of hydrogen-bond donors (Lipinski definition) is 1. The predicted octanol–water partition coefficient (Wildman–Crippen LogP) is 6.06. The number of benzene rings is 1. The number of rotatable bonds is 7. The quantitative estimate of drug-likeness (QED) is 0.441. The summed E-state index contributed by atoms with van der Waals surface area (Å²) in [5, 5.41) is 4.10. The van der Waals surface area contributed by atoms with Crippen LogP contribution < -0.4 is 4.74 Å². The largest absolute Gasteiger partial charge is 0.465 e. The molecule has 2 atom stereocenters. The molecule has 1 fully saturated rings. The molecule has 3 aromatic rings. The molecule has 0 saturated carbocycles. The Morgan fingerprint density at radius 1 is 1.29 bits per heavy atom. The number of nitrogens with zero attached hydrogens (tertiary/aromatic N) is 3. The molecule has 186 valence electrons. The summed E-state index contributed by atoms with van der Waals surface area (Å²) in [6, 6.07) is 8.81. The summed E-state index contributed by atoms with van der Waals surface area (Å²) in [6.45, 7) is 12.5. The topological polar surface area (TPSA) is 44.4 Å². The first kappa shape index (κ1) is 25.1. The van der Waals surface area contributed by atoms with Gasteiger partial charge in [0, 0.05) is 60.4 Å². The van der Waals surface area contributed by atoms with Gasteiger partial charge in [0.15, 0.2) is 0 Å². The number of fused-ring (bicyclic) bond motifs is 3. The summed E-state index contributed by atoms with van der Waals surface area (Å²) < 4.78 is 19.7. The van der Waals surface area contributed by atoms with Gasteiger partial charge in [-0.1, -0.05) is 42.9 Å². The third-order valence-electron chi connectivity index (χ3n) is 6.70. The maximum absolute atomic E-state index is 13.9. The summed E-state index contributed by atoms with van der Waals surface area (Å²) in [7, 11) is 0. The van der Waals surface area contributed by atoms with Crippen molar-refractivity contribution in [3.63, 3.8) is 0 Å². The average Bonchev–Trinajstić information content (AvgIpc) is 3.53. The maximum Gasteiger partial charge on any atom is 0.273 e. The minimum Gasteiger partial charge on any atom is -0.465 e. The van der Waals surface area contributed by atoms with Crippen LogP contribution in [0.25, 0.3) is 10.9 Å². The highest BCUT2D eigenvalue weighted by molar-refractivity contribution is 7.11. The highest BCUT2D eigenvalue weighted by Gasteiger charge is 2.30. The van der Waals surface area contributed by atoms with Crippen LogP contribution >= 0.6 is 11.3 Å². The van der Waals surface area contributed by atoms with Gasteiger partial charge in [0.2, 0.25) is 0 Å². The van der Waals surface area contributed by atoms with Crippen molar-refractivity contribution < 1.29 is 9.13 Å². The molecule has 0 aliphatic carbocycles. The predicted molar refractivity (Wildman–Crippen MR) is 140 cm³/mol. The molecule has 5 nitrogen and oxygen atoms in total. The first-order chi connectivity index (χ1) is 16.3. The van der Waals surface area contributed by atoms with Crippen molar-refractivity contribution in [1.29, 1.82) is 0 Å². The molecule has 2 aliphatic heterocycles. The lowest BCUT2D eigenvalue weighted by molar-refractivity contribution is 0.0853. The van der Waals surface area contributed by atoms with Crippen molar-refractivity contribution in [3.8, 4) is 5.19 Å². The smallest absolute Gasteiger partial charge is 0.273 e. The molecule has 0 radical (unpaired) electrons. The van der Waals surface area contributed by atoms with E-state index >= 15 is 0 Å². The Morgan fingerprint density at radius 3 is 2.85 bits per heavy atom. The van der Waals surface area contributed by atoms with E-state index in [0.717, 1.165) is 31.1 Å². The highest BCUT2D eigenvalue weighted by Crippen LogP contribution is 2.31. The second kappa shape index (κ2) is 11.2. The molecule has 0 amide bonds. The van der Waals surface area contributed by atoms with Gasteiger partial charge < -0.3 is 9.72 Å². The molecule has 1 saturated heterocycles. The van der Waals surface area contributed by atoms with Crippen LogP contribution in [0.2, 0.25) is 0 Å². The number of likely N-dealkylation sites (tertiary alicyclic amines) is 1. The number of alkyl halides is 1. The third kappa shape index (κ3) is 6.58. The first-order valence-corrected chi connectivity index (χ1v) is 13.5. The zero-order chi connectivity index (χ0) is 24.1. The van der Waals surface area contributed by atoms with E-state index in [4.69, 9.17) is 4.74 Å². The van der Waals surface area contributed by atoms with Gasteiger partial charge in [-0.05, 0) is 58.2 Å². The molecule has 0 spiro atoms. The summed E-state index contributed by atoms with van der Waals surface area (Å²) in [6.07, 6.45) is 6.86. The number of H-pyrrole nitrogens is 1. The monoisotopic (exact) mass is 486 g/mol. The molecule has 1 N–H and O–H groups in total. The van der Waals surface area contributed by atoms with Crippen LogP contribution in [0.3, 0.4) is 0 Å². The van der Waals surface area contributed by atoms with Crippen LogP contribution in [-0.4, -0.2) is 63.8 Å². The molecular weight excluding hydrogens is 447 g/mol. The van der Waals surface area contributed by atoms with E-state index in [0.29, 0.717) is 18.7 Å². The van der Waals surface area contributed by atoms with Crippen LogP contribution in [0, 0.1) is 0 Å². The Bertz CT molecular complexity index is 1030. The molecule has 34 heavy (non-hydrogen) atoms. The number of unbranched alkanes of at least 4 members (excludes halogenated alkanes) is 1. The van der Waals surface area contributed by atoms with Crippen LogP contribution in [0.15, 0.2) is 35.8 Å². The van der Waals surface area contributed by atoms with Crippen molar-refractivity contribution in [2.24, 2.45) is 0 Å². The van der Waals surface area contributed by atoms with E-state index in [2.05, 4.69) is 57.9 Å². The average molecular weight is 487 g/mol. The zero-order valence-corrected chi connectivity index (χ0v) is 21.8. The molecule has 2 unspecified atom stereocenters. The maximum atomic E-state index is 13.9. The van der Waals surface area contributed by atoms with Gasteiger partial charge in [-0.2, -0.15) is 0 Å². The fraction of sp³-hybridized carbons (Fsp3) is 0.593.